The summed E-state index contributed by atoms with van der Waals surface area (Å²) in [5, 5.41) is 0. The Morgan fingerprint density at radius 3 is 2.43 bits per heavy atom. The van der Waals surface area contributed by atoms with Crippen molar-refractivity contribution in [3.63, 3.8) is 0 Å². The Morgan fingerprint density at radius 1 is 1.00 bits per heavy atom. The van der Waals surface area contributed by atoms with Crippen molar-refractivity contribution in [3.05, 3.63) is 58.3 Å². The zero-order valence-electron chi connectivity index (χ0n) is 7.57. The maximum atomic E-state index is 3.40. The van der Waals surface area contributed by atoms with Gasteiger partial charge in [-0.15, -0.1) is 0 Å². The van der Waals surface area contributed by atoms with Gasteiger partial charge in [-0.3, -0.25) is 0 Å². The van der Waals surface area contributed by atoms with Crippen LogP contribution >= 0.6 is 15.9 Å². The summed E-state index contributed by atoms with van der Waals surface area (Å²) in [4.78, 5) is 3.12. The number of benzene rings is 1. The molecule has 0 fully saturated rings. The number of hydrogen-bond acceptors (Lipinski definition) is 0. The Hall–Kier alpha value is -1.28. The smallest absolute Gasteiger partial charge is 0.0380 e. The van der Waals surface area contributed by atoms with Crippen molar-refractivity contribution in [2.75, 3.05) is 0 Å². The van der Waals surface area contributed by atoms with Gasteiger partial charge in [-0.1, -0.05) is 34.1 Å². The fourth-order valence-electron chi connectivity index (χ4n) is 1.21. The fraction of sp³-hybridized carbons (Fsp3) is 0. The number of rotatable bonds is 2. The van der Waals surface area contributed by atoms with E-state index in [0.717, 1.165) is 10.2 Å². The molecule has 2 heteroatoms. The van der Waals surface area contributed by atoms with Crippen molar-refractivity contribution in [1.29, 1.82) is 0 Å². The minimum Gasteiger partial charge on any atom is -0.362 e. The molecule has 70 valence electrons. The second-order valence-electron chi connectivity index (χ2n) is 3.01. The molecule has 1 aromatic carbocycles. The van der Waals surface area contributed by atoms with Crippen LogP contribution in [0.2, 0.25) is 0 Å². The maximum Gasteiger partial charge on any atom is 0.0380 e. The third-order valence-corrected chi connectivity index (χ3v) is 2.48. The lowest BCUT2D eigenvalue weighted by atomic mass is 10.2. The van der Waals surface area contributed by atoms with E-state index in [1.54, 1.807) is 0 Å². The van der Waals surface area contributed by atoms with Crippen LogP contribution in [0.4, 0.5) is 0 Å². The Kier molecular flexibility index (Phi) is 2.84. The van der Waals surface area contributed by atoms with E-state index in [1.165, 1.54) is 5.56 Å². The molecule has 0 atom stereocenters. The van der Waals surface area contributed by atoms with Crippen LogP contribution in [0.25, 0.3) is 12.2 Å². The molecule has 0 spiro atoms. The monoisotopic (exact) mass is 247 g/mol. The highest BCUT2D eigenvalue weighted by molar-refractivity contribution is 9.10. The van der Waals surface area contributed by atoms with Gasteiger partial charge in [0.05, 0.1) is 0 Å². The van der Waals surface area contributed by atoms with Crippen molar-refractivity contribution in [1.82, 2.24) is 4.98 Å². The molecule has 0 aliphatic heterocycles. The Balaban J connectivity index is 2.15. The van der Waals surface area contributed by atoms with E-state index >= 15 is 0 Å². The van der Waals surface area contributed by atoms with Crippen LogP contribution in [-0.2, 0) is 0 Å². The molecule has 0 amide bonds. The van der Waals surface area contributed by atoms with Gasteiger partial charge < -0.3 is 4.98 Å². The predicted molar refractivity (Wildman–Crippen MR) is 63.9 cm³/mol. The van der Waals surface area contributed by atoms with Crippen molar-refractivity contribution < 1.29 is 0 Å². The highest BCUT2D eigenvalue weighted by atomic mass is 79.9. The molecule has 2 rings (SSSR count). The Bertz CT molecular complexity index is 412. The highest BCUT2D eigenvalue weighted by Gasteiger charge is 1.88. The third-order valence-electron chi connectivity index (χ3n) is 1.95. The largest absolute Gasteiger partial charge is 0.362 e. The molecular weight excluding hydrogens is 238 g/mol. The van der Waals surface area contributed by atoms with E-state index in [2.05, 4.69) is 45.2 Å². The summed E-state index contributed by atoms with van der Waals surface area (Å²) < 4.78 is 1.11. The SMILES string of the molecule is Brc1ccc(/C=C/c2ccc[nH]2)cc1. The molecule has 0 aliphatic carbocycles. The summed E-state index contributed by atoms with van der Waals surface area (Å²) in [6, 6.07) is 12.2. The first-order chi connectivity index (χ1) is 6.84. The Morgan fingerprint density at radius 2 is 1.79 bits per heavy atom. The van der Waals surface area contributed by atoms with Crippen molar-refractivity contribution in [3.8, 4) is 0 Å². The first-order valence-corrected chi connectivity index (χ1v) is 5.21. The van der Waals surface area contributed by atoms with Gasteiger partial charge in [0.15, 0.2) is 0 Å². The van der Waals surface area contributed by atoms with Crippen LogP contribution in [-0.4, -0.2) is 4.98 Å². The number of nitrogens with one attached hydrogen (secondary N) is 1. The maximum absolute atomic E-state index is 3.40. The van der Waals surface area contributed by atoms with Gasteiger partial charge in [0.25, 0.3) is 0 Å². The van der Waals surface area contributed by atoms with Gasteiger partial charge in [-0.2, -0.15) is 0 Å². The standard InChI is InChI=1S/C12H10BrN/c13-11-6-3-10(4-7-11)5-8-12-2-1-9-14-12/h1-9,14H/b8-5+. The lowest BCUT2D eigenvalue weighted by Gasteiger charge is -1.92. The summed E-state index contributed by atoms with van der Waals surface area (Å²) in [6.07, 6.45) is 6.06. The molecule has 0 unspecified atom stereocenters. The second kappa shape index (κ2) is 4.29. The zero-order chi connectivity index (χ0) is 9.80. The summed E-state index contributed by atoms with van der Waals surface area (Å²) in [7, 11) is 0. The van der Waals surface area contributed by atoms with Gasteiger partial charge in [-0.05, 0) is 35.9 Å². The first kappa shape index (κ1) is 9.28. The summed E-state index contributed by atoms with van der Waals surface area (Å²) in [5.41, 5.74) is 2.32. The van der Waals surface area contributed by atoms with Crippen molar-refractivity contribution in [2.24, 2.45) is 0 Å². The molecule has 14 heavy (non-hydrogen) atoms. The molecule has 0 saturated heterocycles. The molecular formula is C12H10BrN. The number of halogens is 1. The van der Waals surface area contributed by atoms with Crippen LogP contribution in [0.1, 0.15) is 11.3 Å². The highest BCUT2D eigenvalue weighted by Crippen LogP contribution is 2.12. The number of aromatic nitrogens is 1. The van der Waals surface area contributed by atoms with E-state index < -0.39 is 0 Å². The van der Waals surface area contributed by atoms with Gasteiger partial charge in [0, 0.05) is 16.4 Å². The van der Waals surface area contributed by atoms with E-state index in [9.17, 15) is 0 Å². The molecule has 1 aromatic heterocycles. The Labute approximate surface area is 91.6 Å². The molecule has 2 aromatic rings. The first-order valence-electron chi connectivity index (χ1n) is 4.42. The molecule has 1 nitrogen and oxygen atoms in total. The minimum atomic E-state index is 1.11. The van der Waals surface area contributed by atoms with Crippen LogP contribution in [0.5, 0.6) is 0 Å². The summed E-state index contributed by atoms with van der Waals surface area (Å²) in [6.45, 7) is 0. The average Bonchev–Trinajstić information content (AvgIpc) is 2.70. The van der Waals surface area contributed by atoms with Crippen molar-refractivity contribution >= 4 is 28.1 Å². The van der Waals surface area contributed by atoms with Crippen LogP contribution in [0.15, 0.2) is 47.1 Å². The molecule has 0 saturated carbocycles. The van der Waals surface area contributed by atoms with E-state index in [0.29, 0.717) is 0 Å². The van der Waals surface area contributed by atoms with Gasteiger partial charge >= 0.3 is 0 Å². The fourth-order valence-corrected chi connectivity index (χ4v) is 1.47. The van der Waals surface area contributed by atoms with Gasteiger partial charge in [0.1, 0.15) is 0 Å². The topological polar surface area (TPSA) is 15.8 Å². The normalized spacial score (nSPS) is 10.9. The quantitative estimate of drug-likeness (QED) is 0.828. The van der Waals surface area contributed by atoms with E-state index in [-0.39, 0.29) is 0 Å². The number of aromatic amines is 1. The van der Waals surface area contributed by atoms with Crippen LogP contribution in [0.3, 0.4) is 0 Å². The van der Waals surface area contributed by atoms with Gasteiger partial charge in [-0.25, -0.2) is 0 Å². The van der Waals surface area contributed by atoms with E-state index in [1.807, 2.05) is 30.5 Å². The predicted octanol–water partition coefficient (Wildman–Crippen LogP) is 3.95. The second-order valence-corrected chi connectivity index (χ2v) is 3.93. The van der Waals surface area contributed by atoms with Crippen LogP contribution in [0, 0.1) is 0 Å². The number of hydrogen-bond donors (Lipinski definition) is 1. The minimum absolute atomic E-state index is 1.11. The molecule has 0 aliphatic rings. The summed E-state index contributed by atoms with van der Waals surface area (Å²) in [5.74, 6) is 0. The summed E-state index contributed by atoms with van der Waals surface area (Å²) >= 11 is 3.40. The van der Waals surface area contributed by atoms with Gasteiger partial charge in [0.2, 0.25) is 0 Å². The third kappa shape index (κ3) is 2.36. The molecule has 1 heterocycles. The molecule has 0 bridgehead atoms. The zero-order valence-corrected chi connectivity index (χ0v) is 9.16. The molecule has 0 radical (unpaired) electrons. The van der Waals surface area contributed by atoms with Crippen LogP contribution < -0.4 is 0 Å². The number of H-pyrrole nitrogens is 1. The lowest BCUT2D eigenvalue weighted by Crippen LogP contribution is -1.71. The lowest BCUT2D eigenvalue weighted by molar-refractivity contribution is 1.38. The molecule has 1 N–H and O–H groups in total. The average molecular weight is 248 g/mol. The van der Waals surface area contributed by atoms with Crippen molar-refractivity contribution in [2.45, 2.75) is 0 Å². The van der Waals surface area contributed by atoms with E-state index in [4.69, 9.17) is 0 Å².